The second kappa shape index (κ2) is 7.63. The van der Waals surface area contributed by atoms with Gasteiger partial charge in [0.2, 0.25) is 0 Å². The molecule has 0 aliphatic carbocycles. The summed E-state index contributed by atoms with van der Waals surface area (Å²) in [5, 5.41) is 5.59. The van der Waals surface area contributed by atoms with E-state index < -0.39 is 0 Å². The third kappa shape index (κ3) is 3.55. The maximum Gasteiger partial charge on any atom is 0.267 e. The minimum absolute atomic E-state index is 0.00619. The van der Waals surface area contributed by atoms with E-state index in [1.54, 1.807) is 16.9 Å². The van der Waals surface area contributed by atoms with Gasteiger partial charge in [-0.3, -0.25) is 14.6 Å². The van der Waals surface area contributed by atoms with Gasteiger partial charge in [0.15, 0.2) is 0 Å². The molecule has 0 bridgehead atoms. The maximum atomic E-state index is 13.2. The van der Waals surface area contributed by atoms with E-state index in [2.05, 4.69) is 10.1 Å². The summed E-state index contributed by atoms with van der Waals surface area (Å²) in [6.45, 7) is 1.17. The van der Waals surface area contributed by atoms with Crippen molar-refractivity contribution in [3.63, 3.8) is 0 Å². The summed E-state index contributed by atoms with van der Waals surface area (Å²) in [6, 6.07) is 11.2. The molecular weight excluding hydrogens is 384 g/mol. The van der Waals surface area contributed by atoms with Crippen molar-refractivity contribution in [1.29, 1.82) is 0 Å². The van der Waals surface area contributed by atoms with E-state index in [4.69, 9.17) is 0 Å². The average Bonchev–Trinajstić information content (AvgIpc) is 3.21. The Kier molecular flexibility index (Phi) is 4.83. The molecule has 148 valence electrons. The molecule has 5 rings (SSSR count). The van der Waals surface area contributed by atoms with Gasteiger partial charge in [-0.25, -0.2) is 4.68 Å². The van der Waals surface area contributed by atoms with Crippen LogP contribution in [0.5, 0.6) is 0 Å². The van der Waals surface area contributed by atoms with Gasteiger partial charge in [0.1, 0.15) is 0 Å². The number of nitrogens with zero attached hydrogens (tertiary/aromatic N) is 4. The minimum Gasteiger partial charge on any atom is -0.334 e. The summed E-state index contributed by atoms with van der Waals surface area (Å²) in [4.78, 5) is 32.0. The van der Waals surface area contributed by atoms with E-state index in [0.717, 1.165) is 52.9 Å². The number of pyridine rings is 1. The van der Waals surface area contributed by atoms with Crippen LogP contribution in [0.3, 0.4) is 0 Å². The smallest absolute Gasteiger partial charge is 0.267 e. The van der Waals surface area contributed by atoms with Crippen LogP contribution >= 0.6 is 11.8 Å². The first-order chi connectivity index (χ1) is 14.2. The summed E-state index contributed by atoms with van der Waals surface area (Å²) in [7, 11) is 0. The number of aryl methyl sites for hydroxylation is 1. The predicted molar refractivity (Wildman–Crippen MR) is 114 cm³/mol. The number of likely N-dealkylation sites (tertiary alicyclic amines) is 1. The zero-order valence-corrected chi connectivity index (χ0v) is 16.9. The topological polar surface area (TPSA) is 68.1 Å². The van der Waals surface area contributed by atoms with E-state index in [-0.39, 0.29) is 17.5 Å². The zero-order chi connectivity index (χ0) is 19.8. The molecule has 1 atom stereocenters. The first-order valence-electron chi connectivity index (χ1n) is 10.0. The fourth-order valence-electron chi connectivity index (χ4n) is 4.25. The molecule has 4 heterocycles. The highest BCUT2D eigenvalue weighted by molar-refractivity contribution is 7.98. The minimum atomic E-state index is -0.0673. The molecule has 0 radical (unpaired) electrons. The average molecular weight is 407 g/mol. The molecule has 0 saturated carbocycles. The number of carbonyl (C=O) groups is 1. The Hall–Kier alpha value is -2.67. The molecule has 1 unspecified atom stereocenters. The molecule has 1 aromatic carbocycles. The molecule has 1 fully saturated rings. The summed E-state index contributed by atoms with van der Waals surface area (Å²) < 4.78 is 1.56. The lowest BCUT2D eigenvalue weighted by Gasteiger charge is -2.26. The molecule has 2 aliphatic heterocycles. The van der Waals surface area contributed by atoms with Crippen molar-refractivity contribution in [1.82, 2.24) is 19.7 Å². The summed E-state index contributed by atoms with van der Waals surface area (Å²) in [5.41, 5.74) is 3.57. The highest BCUT2D eigenvalue weighted by Crippen LogP contribution is 2.24. The number of fused-ring (bicyclic) bond motifs is 2. The number of hydrogen-bond acceptors (Lipinski definition) is 5. The fourth-order valence-corrected chi connectivity index (χ4v) is 5.20. The zero-order valence-electron chi connectivity index (χ0n) is 16.1. The number of aromatic nitrogens is 3. The normalized spacial score (nSPS) is 18.8. The van der Waals surface area contributed by atoms with Gasteiger partial charge in [-0.05, 0) is 48.4 Å². The Morgan fingerprint density at radius 3 is 3.10 bits per heavy atom. The molecule has 2 aliphatic rings. The van der Waals surface area contributed by atoms with Crippen LogP contribution in [0.15, 0.2) is 47.4 Å². The first kappa shape index (κ1) is 18.4. The largest absolute Gasteiger partial charge is 0.334 e. The molecule has 2 aromatic heterocycles. The second-order valence-corrected chi connectivity index (χ2v) is 8.75. The Bertz CT molecular complexity index is 1140. The number of thioether (sulfide) groups is 1. The van der Waals surface area contributed by atoms with Gasteiger partial charge in [-0.2, -0.15) is 16.9 Å². The molecule has 0 N–H and O–H groups in total. The van der Waals surface area contributed by atoms with E-state index >= 15 is 0 Å². The summed E-state index contributed by atoms with van der Waals surface area (Å²) in [5.74, 6) is 1.92. The molecule has 0 spiro atoms. The SMILES string of the molecule is O=C(c1ccc2ncccc2c1)N1CCCC1Cn1nc2c(cc1=O)CSCC2. The lowest BCUT2D eigenvalue weighted by Crippen LogP contribution is -2.41. The van der Waals surface area contributed by atoms with E-state index in [9.17, 15) is 9.59 Å². The predicted octanol–water partition coefficient (Wildman–Crippen LogP) is 2.89. The number of rotatable bonds is 3. The van der Waals surface area contributed by atoms with Crippen LogP contribution in [0, 0.1) is 0 Å². The summed E-state index contributed by atoms with van der Waals surface area (Å²) in [6.07, 6.45) is 4.49. The highest BCUT2D eigenvalue weighted by atomic mass is 32.2. The molecule has 3 aromatic rings. The van der Waals surface area contributed by atoms with E-state index in [1.165, 1.54) is 0 Å². The fraction of sp³-hybridized carbons (Fsp3) is 0.364. The van der Waals surface area contributed by atoms with E-state index in [1.807, 2.05) is 47.0 Å². The van der Waals surface area contributed by atoms with Gasteiger partial charge in [0, 0.05) is 41.9 Å². The molecule has 29 heavy (non-hydrogen) atoms. The third-order valence-corrected chi connectivity index (χ3v) is 6.78. The highest BCUT2D eigenvalue weighted by Gasteiger charge is 2.30. The van der Waals surface area contributed by atoms with Gasteiger partial charge in [-0.15, -0.1) is 0 Å². The monoisotopic (exact) mass is 406 g/mol. The van der Waals surface area contributed by atoms with Crippen LogP contribution in [0.2, 0.25) is 0 Å². The quantitative estimate of drug-likeness (QED) is 0.669. The lowest BCUT2D eigenvalue weighted by molar-refractivity contribution is 0.0720. The Balaban J connectivity index is 1.39. The van der Waals surface area contributed by atoms with Gasteiger partial charge < -0.3 is 4.90 Å². The van der Waals surface area contributed by atoms with Crippen LogP contribution in [-0.4, -0.2) is 43.9 Å². The first-order valence-corrected chi connectivity index (χ1v) is 11.2. The number of amides is 1. The number of carbonyl (C=O) groups excluding carboxylic acids is 1. The number of hydrogen-bond donors (Lipinski definition) is 0. The molecule has 7 heteroatoms. The van der Waals surface area contributed by atoms with E-state index in [0.29, 0.717) is 18.7 Å². The van der Waals surface area contributed by atoms with Crippen LogP contribution in [-0.2, 0) is 18.7 Å². The Morgan fingerprint density at radius 1 is 1.24 bits per heavy atom. The Labute approximate surface area is 172 Å². The third-order valence-electron chi connectivity index (χ3n) is 5.78. The van der Waals surface area contributed by atoms with Crippen molar-refractivity contribution >= 4 is 28.6 Å². The molecule has 1 amide bonds. The van der Waals surface area contributed by atoms with Crippen molar-refractivity contribution in [2.24, 2.45) is 0 Å². The van der Waals surface area contributed by atoms with Crippen LogP contribution < -0.4 is 5.56 Å². The maximum absolute atomic E-state index is 13.2. The molecular formula is C22H22N4O2S. The van der Waals surface area contributed by atoms with Crippen molar-refractivity contribution in [2.75, 3.05) is 12.3 Å². The summed E-state index contributed by atoms with van der Waals surface area (Å²) >= 11 is 1.84. The molecule has 6 nitrogen and oxygen atoms in total. The van der Waals surface area contributed by atoms with Crippen molar-refractivity contribution < 1.29 is 4.79 Å². The van der Waals surface area contributed by atoms with Crippen LogP contribution in [0.25, 0.3) is 10.9 Å². The Morgan fingerprint density at radius 2 is 2.17 bits per heavy atom. The van der Waals surface area contributed by atoms with Crippen LogP contribution in [0.4, 0.5) is 0 Å². The van der Waals surface area contributed by atoms with Crippen molar-refractivity contribution in [3.8, 4) is 0 Å². The number of benzene rings is 1. The molecule has 1 saturated heterocycles. The van der Waals surface area contributed by atoms with Gasteiger partial charge in [-0.1, -0.05) is 6.07 Å². The standard InChI is InChI=1S/C22H22N4O2S/c27-21-12-17-14-29-10-7-20(17)24-26(21)13-18-4-2-9-25(18)22(28)16-5-6-19-15(11-16)3-1-8-23-19/h1,3,5-6,8,11-12,18H,2,4,7,9-10,13-14H2. The van der Waals surface area contributed by atoms with Crippen molar-refractivity contribution in [3.05, 3.63) is 69.8 Å². The van der Waals surface area contributed by atoms with Gasteiger partial charge >= 0.3 is 0 Å². The lowest BCUT2D eigenvalue weighted by atomic mass is 10.1. The van der Waals surface area contributed by atoms with Crippen molar-refractivity contribution in [2.45, 2.75) is 37.6 Å². The van der Waals surface area contributed by atoms with Gasteiger partial charge in [0.25, 0.3) is 11.5 Å². The van der Waals surface area contributed by atoms with Crippen LogP contribution in [0.1, 0.15) is 34.5 Å². The van der Waals surface area contributed by atoms with Gasteiger partial charge in [0.05, 0.1) is 23.8 Å². The second-order valence-electron chi connectivity index (χ2n) is 7.64.